The molecule has 3 heteroatoms. The van der Waals surface area contributed by atoms with Crippen molar-refractivity contribution in [2.45, 2.75) is 0 Å². The van der Waals surface area contributed by atoms with Crippen LogP contribution in [-0.4, -0.2) is 23.4 Å². The average Bonchev–Trinajstić information content (AvgIpc) is 1.87. The molecule has 0 spiro atoms. The maximum atomic E-state index is 2.10. The van der Waals surface area contributed by atoms with E-state index >= 15 is 0 Å². The molecule has 1 aliphatic heterocycles. The fourth-order valence-electron chi connectivity index (χ4n) is 0.475. The molecule has 7 heavy (non-hydrogen) atoms. The number of hydrogen-bond acceptors (Lipinski definition) is 2. The summed E-state index contributed by atoms with van der Waals surface area (Å²) in [5, 5.41) is 0. The lowest BCUT2D eigenvalue weighted by Crippen LogP contribution is -1.95. The second kappa shape index (κ2) is 1.71. The minimum atomic E-state index is 1.24. The van der Waals surface area contributed by atoms with Gasteiger partial charge in [0.25, 0.3) is 0 Å². The molecule has 0 aromatic carbocycles. The van der Waals surface area contributed by atoms with Crippen LogP contribution in [0.25, 0.3) is 0 Å². The predicted molar refractivity (Wildman–Crippen MR) is 31.6 cm³/mol. The van der Waals surface area contributed by atoms with Crippen LogP contribution < -0.4 is 0 Å². The molecule has 0 aromatic rings. The van der Waals surface area contributed by atoms with Crippen molar-refractivity contribution in [2.24, 2.45) is 0 Å². The molecular weight excluding hydrogens is 107 g/mol. The van der Waals surface area contributed by atoms with Crippen LogP contribution in [0.15, 0.2) is 12.4 Å². The lowest BCUT2D eigenvalue weighted by atomic mass is 10.9. The zero-order chi connectivity index (χ0) is 5.28. The van der Waals surface area contributed by atoms with Crippen LogP contribution in [0.4, 0.5) is 0 Å². The van der Waals surface area contributed by atoms with Gasteiger partial charge in [-0.15, -0.1) is 0 Å². The summed E-state index contributed by atoms with van der Waals surface area (Å²) in [4.78, 5) is 0. The van der Waals surface area contributed by atoms with Gasteiger partial charge in [0, 0.05) is 26.5 Å². The Morgan fingerprint density at radius 3 is 1.71 bits per heavy atom. The zero-order valence-electron chi connectivity index (χ0n) is 4.50. The highest BCUT2D eigenvalue weighted by Gasteiger charge is 2.02. The maximum Gasteiger partial charge on any atom is 0.164 e. The third-order valence-corrected chi connectivity index (χ3v) is 1.61. The van der Waals surface area contributed by atoms with Crippen LogP contribution in [0.3, 0.4) is 0 Å². The van der Waals surface area contributed by atoms with E-state index in [0.717, 1.165) is 0 Å². The molecule has 0 saturated carbocycles. The molecule has 39 valence electrons. The van der Waals surface area contributed by atoms with Gasteiger partial charge < -0.3 is 9.34 Å². The molecule has 0 bridgehead atoms. The Labute approximate surface area is 45.7 Å². The lowest BCUT2D eigenvalue weighted by Gasteiger charge is -2.07. The Hall–Kier alpha value is -0.230. The Bertz CT molecular complexity index is 81.7. The summed E-state index contributed by atoms with van der Waals surface area (Å²) in [5.74, 6) is 0. The molecule has 1 aliphatic rings. The highest BCUT2D eigenvalue weighted by Crippen LogP contribution is 2.25. The van der Waals surface area contributed by atoms with Gasteiger partial charge in [0.1, 0.15) is 0 Å². The molecule has 1 radical (unpaired) electrons. The molecule has 2 nitrogen and oxygen atoms in total. The monoisotopic (exact) mass is 115 g/mol. The Kier molecular flexibility index (Phi) is 1.20. The summed E-state index contributed by atoms with van der Waals surface area (Å²) in [6.07, 6.45) is 4.09. The molecule has 0 aromatic heterocycles. The van der Waals surface area contributed by atoms with Crippen LogP contribution in [-0.2, 0) is 0 Å². The molecule has 0 amide bonds. The van der Waals surface area contributed by atoms with Gasteiger partial charge in [0.2, 0.25) is 0 Å². The minimum absolute atomic E-state index is 1.24. The number of nitrogens with zero attached hydrogens (tertiary/aromatic N) is 2. The van der Waals surface area contributed by atoms with Crippen LogP contribution in [0, 0.1) is 0 Å². The number of hydrogen-bond donors (Lipinski definition) is 0. The first kappa shape index (κ1) is 4.92. The van der Waals surface area contributed by atoms with E-state index in [1.807, 2.05) is 26.5 Å². The van der Waals surface area contributed by atoms with Crippen molar-refractivity contribution in [3.05, 3.63) is 12.4 Å². The average molecular weight is 115 g/mol. The van der Waals surface area contributed by atoms with E-state index < -0.39 is 0 Å². The second-order valence-corrected chi connectivity index (χ2v) is 2.98. The summed E-state index contributed by atoms with van der Waals surface area (Å²) in [7, 11) is 5.33. The van der Waals surface area contributed by atoms with Crippen molar-refractivity contribution in [1.29, 1.82) is 0 Å². The fourth-order valence-corrected chi connectivity index (χ4v) is 1.16. The Morgan fingerprint density at radius 2 is 1.57 bits per heavy atom. The molecular formula is C4H8N2P. The quantitative estimate of drug-likeness (QED) is 0.436. The van der Waals surface area contributed by atoms with Crippen LogP contribution >= 0.6 is 8.88 Å². The van der Waals surface area contributed by atoms with Crippen molar-refractivity contribution >= 4 is 8.88 Å². The molecule has 0 saturated heterocycles. The van der Waals surface area contributed by atoms with E-state index in [1.165, 1.54) is 8.88 Å². The summed E-state index contributed by atoms with van der Waals surface area (Å²) in [5.41, 5.74) is 0. The SMILES string of the molecule is CN1C=CN(C)[P]1. The first-order valence-corrected chi connectivity index (χ1v) is 2.94. The van der Waals surface area contributed by atoms with Gasteiger partial charge in [-0.3, -0.25) is 0 Å². The van der Waals surface area contributed by atoms with Gasteiger partial charge in [-0.25, -0.2) is 0 Å². The molecule has 0 fully saturated rings. The van der Waals surface area contributed by atoms with Crippen LogP contribution in [0.1, 0.15) is 0 Å². The highest BCUT2D eigenvalue weighted by atomic mass is 31.1. The maximum absolute atomic E-state index is 2.10. The van der Waals surface area contributed by atoms with Crippen molar-refractivity contribution in [1.82, 2.24) is 9.34 Å². The molecule has 0 aliphatic carbocycles. The van der Waals surface area contributed by atoms with Crippen LogP contribution in [0.2, 0.25) is 0 Å². The Morgan fingerprint density at radius 1 is 1.14 bits per heavy atom. The van der Waals surface area contributed by atoms with Gasteiger partial charge >= 0.3 is 0 Å². The van der Waals surface area contributed by atoms with Crippen molar-refractivity contribution in [3.63, 3.8) is 0 Å². The molecule has 1 rings (SSSR count). The second-order valence-electron chi connectivity index (χ2n) is 1.53. The van der Waals surface area contributed by atoms with Gasteiger partial charge in [-0.2, -0.15) is 0 Å². The van der Waals surface area contributed by atoms with Crippen molar-refractivity contribution < 1.29 is 0 Å². The fraction of sp³-hybridized carbons (Fsp3) is 0.500. The first-order valence-electron chi connectivity index (χ1n) is 2.14. The topological polar surface area (TPSA) is 6.48 Å². The van der Waals surface area contributed by atoms with Crippen LogP contribution in [0.5, 0.6) is 0 Å². The third-order valence-electron chi connectivity index (χ3n) is 0.780. The molecule has 0 atom stereocenters. The summed E-state index contributed by atoms with van der Waals surface area (Å²) in [6.45, 7) is 0. The van der Waals surface area contributed by atoms with Gasteiger partial charge in [-0.05, 0) is 0 Å². The standard InChI is InChI=1S/C4H8N2P/c1-5-3-4-6(2)7-5/h3-4H,1-2H3. The van der Waals surface area contributed by atoms with E-state index in [4.69, 9.17) is 0 Å². The summed E-state index contributed by atoms with van der Waals surface area (Å²) >= 11 is 0. The largest absolute Gasteiger partial charge is 0.336 e. The van der Waals surface area contributed by atoms with E-state index in [0.29, 0.717) is 0 Å². The third kappa shape index (κ3) is 1.07. The van der Waals surface area contributed by atoms with Crippen molar-refractivity contribution in [2.75, 3.05) is 14.1 Å². The van der Waals surface area contributed by atoms with E-state index in [-0.39, 0.29) is 0 Å². The smallest absolute Gasteiger partial charge is 0.164 e. The normalized spacial score (nSPS) is 19.1. The minimum Gasteiger partial charge on any atom is -0.336 e. The Balaban J connectivity index is 2.42. The highest BCUT2D eigenvalue weighted by molar-refractivity contribution is 7.33. The molecule has 0 unspecified atom stereocenters. The first-order chi connectivity index (χ1) is 3.29. The van der Waals surface area contributed by atoms with Gasteiger partial charge in [0.15, 0.2) is 8.88 Å². The van der Waals surface area contributed by atoms with E-state index in [1.54, 1.807) is 0 Å². The van der Waals surface area contributed by atoms with E-state index in [2.05, 4.69) is 9.34 Å². The van der Waals surface area contributed by atoms with Gasteiger partial charge in [0.05, 0.1) is 0 Å². The summed E-state index contributed by atoms with van der Waals surface area (Å²) < 4.78 is 4.19. The van der Waals surface area contributed by atoms with E-state index in [9.17, 15) is 0 Å². The molecule has 1 heterocycles. The summed E-state index contributed by atoms with van der Waals surface area (Å²) in [6, 6.07) is 0. The number of rotatable bonds is 0. The van der Waals surface area contributed by atoms with Gasteiger partial charge in [-0.1, -0.05) is 0 Å². The van der Waals surface area contributed by atoms with Crippen molar-refractivity contribution in [3.8, 4) is 0 Å². The predicted octanol–water partition coefficient (Wildman–Crippen LogP) is 1.11. The molecule has 0 N–H and O–H groups in total. The lowest BCUT2D eigenvalue weighted by molar-refractivity contribution is 0.734. The zero-order valence-corrected chi connectivity index (χ0v) is 5.39.